The van der Waals surface area contributed by atoms with Gasteiger partial charge in [0, 0.05) is 60.3 Å². The summed E-state index contributed by atoms with van der Waals surface area (Å²) in [6, 6.07) is 17.9. The van der Waals surface area contributed by atoms with Gasteiger partial charge in [-0.3, -0.25) is 19.7 Å². The van der Waals surface area contributed by atoms with Crippen LogP contribution in [0.2, 0.25) is 10.0 Å². The zero-order valence-corrected chi connectivity index (χ0v) is 19.4. The average Bonchev–Trinajstić information content (AvgIpc) is 2.84. The Kier molecular flexibility index (Phi) is 7.00. The third-order valence-corrected chi connectivity index (χ3v) is 6.12. The summed E-state index contributed by atoms with van der Waals surface area (Å²) in [7, 11) is 0. The van der Waals surface area contributed by atoms with E-state index in [9.17, 15) is 19.7 Å². The summed E-state index contributed by atoms with van der Waals surface area (Å²) < 4.78 is 0. The summed E-state index contributed by atoms with van der Waals surface area (Å²) in [6.45, 7) is 2.56. The van der Waals surface area contributed by atoms with Crippen LogP contribution < -0.4 is 10.2 Å². The normalized spacial score (nSPS) is 13.5. The molecular formula is C24H20Cl2N4O4. The molecule has 0 spiro atoms. The van der Waals surface area contributed by atoms with E-state index in [1.54, 1.807) is 36.4 Å². The molecule has 174 valence electrons. The molecule has 1 aliphatic heterocycles. The molecule has 34 heavy (non-hydrogen) atoms. The van der Waals surface area contributed by atoms with E-state index < -0.39 is 10.8 Å². The van der Waals surface area contributed by atoms with Crippen molar-refractivity contribution in [3.63, 3.8) is 0 Å². The fourth-order valence-electron chi connectivity index (χ4n) is 3.70. The molecule has 8 nitrogen and oxygen atoms in total. The standard InChI is InChI=1S/C24H20Cl2N4O4/c25-17-3-1-16(2-4-17)24(32)29-13-11-28(12-14-29)19-7-5-18(6-8-19)27-23(31)21-10-9-20(30(33)34)15-22(21)26/h1-10,15H,11-14H2,(H,27,31). The number of carbonyl (C=O) groups excluding carboxylic acids is 2. The van der Waals surface area contributed by atoms with Gasteiger partial charge >= 0.3 is 0 Å². The predicted octanol–water partition coefficient (Wildman–Crippen LogP) is 5.12. The number of non-ortho nitro benzene ring substituents is 1. The topological polar surface area (TPSA) is 95.8 Å². The smallest absolute Gasteiger partial charge is 0.270 e. The van der Waals surface area contributed by atoms with E-state index in [1.807, 2.05) is 17.0 Å². The lowest BCUT2D eigenvalue weighted by atomic mass is 10.1. The van der Waals surface area contributed by atoms with Crippen molar-refractivity contribution in [3.8, 4) is 0 Å². The number of nitrogens with zero attached hydrogens (tertiary/aromatic N) is 3. The number of halogens is 2. The van der Waals surface area contributed by atoms with Crippen LogP contribution in [0.15, 0.2) is 66.7 Å². The molecule has 2 amide bonds. The molecule has 0 radical (unpaired) electrons. The Labute approximate surface area is 205 Å². The van der Waals surface area contributed by atoms with Crippen LogP contribution in [-0.2, 0) is 0 Å². The second kappa shape index (κ2) is 10.1. The molecule has 0 bridgehead atoms. The molecule has 1 saturated heterocycles. The molecule has 10 heteroatoms. The lowest BCUT2D eigenvalue weighted by Gasteiger charge is -2.36. The lowest BCUT2D eigenvalue weighted by Crippen LogP contribution is -2.48. The van der Waals surface area contributed by atoms with Crippen molar-refractivity contribution in [1.82, 2.24) is 4.90 Å². The average molecular weight is 499 g/mol. The number of nitro groups is 1. The predicted molar refractivity (Wildman–Crippen MR) is 132 cm³/mol. The first-order chi connectivity index (χ1) is 16.3. The van der Waals surface area contributed by atoms with Gasteiger partial charge in [-0.2, -0.15) is 0 Å². The van der Waals surface area contributed by atoms with Gasteiger partial charge in [0.05, 0.1) is 15.5 Å². The molecule has 0 saturated carbocycles. The largest absolute Gasteiger partial charge is 0.368 e. The number of nitro benzene ring substituents is 1. The summed E-state index contributed by atoms with van der Waals surface area (Å²) in [5.41, 5.74) is 2.13. The molecular weight excluding hydrogens is 479 g/mol. The fourth-order valence-corrected chi connectivity index (χ4v) is 4.09. The number of piperazine rings is 1. The van der Waals surface area contributed by atoms with Crippen LogP contribution in [0.5, 0.6) is 0 Å². The molecule has 1 fully saturated rings. The van der Waals surface area contributed by atoms with Crippen molar-refractivity contribution in [3.05, 3.63) is 98.0 Å². The number of benzene rings is 3. The minimum Gasteiger partial charge on any atom is -0.368 e. The molecule has 3 aromatic carbocycles. The van der Waals surface area contributed by atoms with E-state index in [0.717, 1.165) is 11.8 Å². The third-order valence-electron chi connectivity index (χ3n) is 5.56. The Morgan fingerprint density at radius 3 is 2.12 bits per heavy atom. The van der Waals surface area contributed by atoms with Crippen molar-refractivity contribution in [2.24, 2.45) is 0 Å². The van der Waals surface area contributed by atoms with Crippen LogP contribution in [0.1, 0.15) is 20.7 Å². The lowest BCUT2D eigenvalue weighted by molar-refractivity contribution is -0.384. The van der Waals surface area contributed by atoms with Crippen LogP contribution >= 0.6 is 23.2 Å². The fraction of sp³-hybridized carbons (Fsp3) is 0.167. The van der Waals surface area contributed by atoms with Crippen LogP contribution in [0.3, 0.4) is 0 Å². The second-order valence-electron chi connectivity index (χ2n) is 7.71. The summed E-state index contributed by atoms with van der Waals surface area (Å²) in [6.07, 6.45) is 0. The zero-order chi connectivity index (χ0) is 24.2. The number of rotatable bonds is 5. The molecule has 3 aromatic rings. The molecule has 4 rings (SSSR count). The van der Waals surface area contributed by atoms with Gasteiger partial charge in [-0.05, 0) is 54.6 Å². The van der Waals surface area contributed by atoms with Crippen LogP contribution in [0.25, 0.3) is 0 Å². The quantitative estimate of drug-likeness (QED) is 0.389. The maximum absolute atomic E-state index is 12.7. The van der Waals surface area contributed by atoms with Gasteiger partial charge in [-0.15, -0.1) is 0 Å². The Bertz CT molecular complexity index is 1220. The number of anilines is 2. The summed E-state index contributed by atoms with van der Waals surface area (Å²) in [5.74, 6) is -0.471. The maximum Gasteiger partial charge on any atom is 0.270 e. The maximum atomic E-state index is 12.7. The SMILES string of the molecule is O=C(Nc1ccc(N2CCN(C(=O)c3ccc(Cl)cc3)CC2)cc1)c1ccc([N+](=O)[O-])cc1Cl. The van der Waals surface area contributed by atoms with E-state index in [1.165, 1.54) is 12.1 Å². The zero-order valence-electron chi connectivity index (χ0n) is 17.9. The first-order valence-electron chi connectivity index (χ1n) is 10.5. The minimum atomic E-state index is -0.570. The highest BCUT2D eigenvalue weighted by Gasteiger charge is 2.22. The Balaban J connectivity index is 1.34. The molecule has 0 unspecified atom stereocenters. The first-order valence-corrected chi connectivity index (χ1v) is 11.2. The van der Waals surface area contributed by atoms with Gasteiger partial charge in [0.15, 0.2) is 0 Å². The van der Waals surface area contributed by atoms with Crippen LogP contribution in [0.4, 0.5) is 17.1 Å². The van der Waals surface area contributed by atoms with E-state index in [0.29, 0.717) is 42.5 Å². The monoisotopic (exact) mass is 498 g/mol. The highest BCUT2D eigenvalue weighted by atomic mass is 35.5. The molecule has 0 aromatic heterocycles. The molecule has 1 heterocycles. The van der Waals surface area contributed by atoms with Gasteiger partial charge in [-0.25, -0.2) is 0 Å². The van der Waals surface area contributed by atoms with E-state index in [4.69, 9.17) is 23.2 Å². The number of nitrogens with one attached hydrogen (secondary N) is 1. The summed E-state index contributed by atoms with van der Waals surface area (Å²) >= 11 is 11.9. The third kappa shape index (κ3) is 5.30. The Hall–Kier alpha value is -3.62. The Morgan fingerprint density at radius 2 is 1.53 bits per heavy atom. The van der Waals surface area contributed by atoms with Crippen molar-refractivity contribution < 1.29 is 14.5 Å². The van der Waals surface area contributed by atoms with Crippen molar-refractivity contribution in [2.75, 3.05) is 36.4 Å². The molecule has 0 aliphatic carbocycles. The van der Waals surface area contributed by atoms with Crippen molar-refractivity contribution in [1.29, 1.82) is 0 Å². The summed E-state index contributed by atoms with van der Waals surface area (Å²) in [5, 5.41) is 14.2. The van der Waals surface area contributed by atoms with Crippen LogP contribution in [0, 0.1) is 10.1 Å². The number of amides is 2. The number of hydrogen-bond donors (Lipinski definition) is 1. The Morgan fingerprint density at radius 1 is 0.882 bits per heavy atom. The van der Waals surface area contributed by atoms with Gasteiger partial charge < -0.3 is 15.1 Å². The first kappa shape index (κ1) is 23.5. The van der Waals surface area contributed by atoms with Crippen LogP contribution in [-0.4, -0.2) is 47.8 Å². The van der Waals surface area contributed by atoms with Gasteiger partial charge in [-0.1, -0.05) is 23.2 Å². The minimum absolute atomic E-state index is 0.00865. The van der Waals surface area contributed by atoms with Crippen molar-refractivity contribution in [2.45, 2.75) is 0 Å². The highest BCUT2D eigenvalue weighted by molar-refractivity contribution is 6.34. The van der Waals surface area contributed by atoms with E-state index >= 15 is 0 Å². The molecule has 1 aliphatic rings. The number of hydrogen-bond acceptors (Lipinski definition) is 5. The summed E-state index contributed by atoms with van der Waals surface area (Å²) in [4.78, 5) is 39.5. The molecule has 1 N–H and O–H groups in total. The molecule has 0 atom stereocenters. The van der Waals surface area contributed by atoms with Gasteiger partial charge in [0.1, 0.15) is 0 Å². The van der Waals surface area contributed by atoms with E-state index in [2.05, 4.69) is 10.2 Å². The number of carbonyl (C=O) groups is 2. The van der Waals surface area contributed by atoms with Gasteiger partial charge in [0.25, 0.3) is 17.5 Å². The van der Waals surface area contributed by atoms with E-state index in [-0.39, 0.29) is 22.2 Å². The highest BCUT2D eigenvalue weighted by Crippen LogP contribution is 2.25. The second-order valence-corrected chi connectivity index (χ2v) is 8.55. The van der Waals surface area contributed by atoms with Crippen molar-refractivity contribution >= 4 is 52.1 Å². The van der Waals surface area contributed by atoms with Gasteiger partial charge in [0.2, 0.25) is 0 Å².